The minimum absolute atomic E-state index is 0.914. The Morgan fingerprint density at radius 1 is 0.447 bits per heavy atom. The zero-order chi connectivity index (χ0) is 30.9. The highest BCUT2D eigenvalue weighted by atomic mass is 32.1. The van der Waals surface area contributed by atoms with Gasteiger partial charge in [0.05, 0.1) is 5.69 Å². The lowest BCUT2D eigenvalue weighted by molar-refractivity contribution is 0.670. The van der Waals surface area contributed by atoms with Gasteiger partial charge in [0.1, 0.15) is 11.2 Å². The van der Waals surface area contributed by atoms with Crippen molar-refractivity contribution in [2.45, 2.75) is 0 Å². The van der Waals surface area contributed by atoms with Crippen molar-refractivity contribution in [2.75, 3.05) is 4.90 Å². The summed E-state index contributed by atoms with van der Waals surface area (Å²) in [5.41, 5.74) is 7.57. The number of thiophene rings is 1. The van der Waals surface area contributed by atoms with E-state index < -0.39 is 0 Å². The number of anilines is 3. The van der Waals surface area contributed by atoms with Crippen molar-refractivity contribution in [1.29, 1.82) is 0 Å². The number of rotatable bonds is 4. The molecule has 220 valence electrons. The van der Waals surface area contributed by atoms with Gasteiger partial charge in [-0.3, -0.25) is 0 Å². The van der Waals surface area contributed by atoms with Gasteiger partial charge in [-0.15, -0.1) is 11.3 Å². The van der Waals surface area contributed by atoms with Gasteiger partial charge < -0.3 is 9.32 Å². The van der Waals surface area contributed by atoms with Crippen molar-refractivity contribution in [3.05, 3.63) is 164 Å². The molecule has 0 aliphatic heterocycles. The van der Waals surface area contributed by atoms with Crippen LogP contribution >= 0.6 is 11.3 Å². The van der Waals surface area contributed by atoms with E-state index in [4.69, 9.17) is 4.42 Å². The highest BCUT2D eigenvalue weighted by molar-refractivity contribution is 7.26. The lowest BCUT2D eigenvalue weighted by atomic mass is 9.94. The molecular weight excluding hydrogens is 591 g/mol. The summed E-state index contributed by atoms with van der Waals surface area (Å²) in [7, 11) is 0. The molecule has 10 aromatic rings. The zero-order valence-corrected chi connectivity index (χ0v) is 26.2. The molecule has 0 saturated heterocycles. The van der Waals surface area contributed by atoms with E-state index in [9.17, 15) is 0 Å². The molecule has 0 saturated carbocycles. The Labute approximate surface area is 275 Å². The fraction of sp³-hybridized carbons (Fsp3) is 0. The summed E-state index contributed by atoms with van der Waals surface area (Å²) in [6.45, 7) is 0. The first-order chi connectivity index (χ1) is 23.3. The van der Waals surface area contributed by atoms with E-state index in [1.165, 1.54) is 53.0 Å². The first-order valence-corrected chi connectivity index (χ1v) is 16.7. The Bertz CT molecular complexity index is 2810. The Kier molecular flexibility index (Phi) is 5.78. The van der Waals surface area contributed by atoms with E-state index in [0.717, 1.165) is 38.9 Å². The number of hydrogen-bond acceptors (Lipinski definition) is 3. The molecule has 0 bridgehead atoms. The molecular formula is C44H27NOS. The van der Waals surface area contributed by atoms with Gasteiger partial charge in [-0.2, -0.15) is 0 Å². The maximum atomic E-state index is 6.58. The molecule has 3 heteroatoms. The van der Waals surface area contributed by atoms with Gasteiger partial charge in [-0.05, 0) is 70.3 Å². The molecule has 0 unspecified atom stereocenters. The van der Waals surface area contributed by atoms with Crippen molar-refractivity contribution in [3.8, 4) is 11.1 Å². The van der Waals surface area contributed by atoms with Gasteiger partial charge in [-0.1, -0.05) is 115 Å². The lowest BCUT2D eigenvalue weighted by Gasteiger charge is -2.27. The van der Waals surface area contributed by atoms with Crippen molar-refractivity contribution in [1.82, 2.24) is 0 Å². The van der Waals surface area contributed by atoms with Crippen molar-refractivity contribution in [3.63, 3.8) is 0 Å². The minimum Gasteiger partial charge on any atom is -0.455 e. The molecule has 0 fully saturated rings. The van der Waals surface area contributed by atoms with E-state index in [1.807, 2.05) is 17.4 Å². The fourth-order valence-electron chi connectivity index (χ4n) is 7.32. The first kappa shape index (κ1) is 26.3. The molecule has 2 heterocycles. The Hall–Kier alpha value is -5.90. The highest BCUT2D eigenvalue weighted by Gasteiger charge is 2.22. The van der Waals surface area contributed by atoms with E-state index >= 15 is 0 Å². The van der Waals surface area contributed by atoms with Crippen LogP contribution in [0.1, 0.15) is 0 Å². The van der Waals surface area contributed by atoms with Crippen molar-refractivity contribution >= 4 is 92.1 Å². The predicted octanol–water partition coefficient (Wildman–Crippen LogP) is 13.4. The lowest BCUT2D eigenvalue weighted by Crippen LogP contribution is -2.10. The van der Waals surface area contributed by atoms with Gasteiger partial charge in [-0.25, -0.2) is 0 Å². The molecule has 0 N–H and O–H groups in total. The van der Waals surface area contributed by atoms with E-state index in [1.54, 1.807) is 0 Å². The molecule has 47 heavy (non-hydrogen) atoms. The molecule has 0 amide bonds. The fourth-order valence-corrected chi connectivity index (χ4v) is 8.56. The number of para-hydroxylation sites is 3. The van der Waals surface area contributed by atoms with Gasteiger partial charge in [0.2, 0.25) is 0 Å². The largest absolute Gasteiger partial charge is 0.455 e. The van der Waals surface area contributed by atoms with Gasteiger partial charge >= 0.3 is 0 Å². The van der Waals surface area contributed by atoms with Crippen LogP contribution in [-0.4, -0.2) is 0 Å². The minimum atomic E-state index is 0.914. The topological polar surface area (TPSA) is 16.4 Å². The summed E-state index contributed by atoms with van der Waals surface area (Å²) in [4.78, 5) is 2.41. The van der Waals surface area contributed by atoms with Crippen LogP contribution in [0.2, 0.25) is 0 Å². The smallest absolute Gasteiger partial charge is 0.143 e. The Morgan fingerprint density at radius 3 is 2.06 bits per heavy atom. The maximum absolute atomic E-state index is 6.58. The van der Waals surface area contributed by atoms with E-state index in [0.29, 0.717) is 0 Å². The number of furan rings is 1. The molecule has 0 aliphatic rings. The van der Waals surface area contributed by atoms with Gasteiger partial charge in [0.15, 0.2) is 0 Å². The summed E-state index contributed by atoms with van der Waals surface area (Å²) in [6.07, 6.45) is 0. The summed E-state index contributed by atoms with van der Waals surface area (Å²) in [5, 5.41) is 9.75. The van der Waals surface area contributed by atoms with Crippen LogP contribution in [-0.2, 0) is 0 Å². The summed E-state index contributed by atoms with van der Waals surface area (Å²) in [6, 6.07) is 58.9. The molecule has 2 aromatic heterocycles. The second kappa shape index (κ2) is 10.3. The van der Waals surface area contributed by atoms with Crippen LogP contribution in [0.15, 0.2) is 168 Å². The third kappa shape index (κ3) is 4.04. The van der Waals surface area contributed by atoms with Crippen LogP contribution in [0.5, 0.6) is 0 Å². The quantitative estimate of drug-likeness (QED) is 0.195. The van der Waals surface area contributed by atoms with Gasteiger partial charge in [0.25, 0.3) is 0 Å². The van der Waals surface area contributed by atoms with Crippen LogP contribution in [0.4, 0.5) is 17.1 Å². The Morgan fingerprint density at radius 2 is 1.17 bits per heavy atom. The molecule has 0 atom stereocenters. The highest BCUT2D eigenvalue weighted by Crippen LogP contribution is 2.49. The molecule has 8 aromatic carbocycles. The predicted molar refractivity (Wildman–Crippen MR) is 202 cm³/mol. The van der Waals surface area contributed by atoms with E-state index in [-0.39, 0.29) is 0 Å². The first-order valence-electron chi connectivity index (χ1n) is 15.9. The van der Waals surface area contributed by atoms with Crippen molar-refractivity contribution in [2.24, 2.45) is 0 Å². The normalized spacial score (nSPS) is 11.8. The third-order valence-corrected chi connectivity index (χ3v) is 10.6. The average molecular weight is 618 g/mol. The van der Waals surface area contributed by atoms with Crippen LogP contribution in [0.25, 0.3) is 74.8 Å². The summed E-state index contributed by atoms with van der Waals surface area (Å²) < 4.78 is 9.14. The molecule has 10 rings (SSSR count). The third-order valence-electron chi connectivity index (χ3n) is 9.42. The molecule has 0 radical (unpaired) electrons. The van der Waals surface area contributed by atoms with Crippen LogP contribution in [0.3, 0.4) is 0 Å². The van der Waals surface area contributed by atoms with Gasteiger partial charge in [0, 0.05) is 53.3 Å². The molecule has 2 nitrogen and oxygen atoms in total. The number of benzene rings is 8. The zero-order valence-electron chi connectivity index (χ0n) is 25.4. The number of fused-ring (bicyclic) bond motifs is 9. The average Bonchev–Trinajstić information content (AvgIpc) is 3.71. The second-order valence-electron chi connectivity index (χ2n) is 12.1. The SMILES string of the molecule is c1ccc(N(c2ccc3ccccc3c2)c2cccc3sc4c5ccccc5c(-c5cccc6c5oc5ccccc56)cc4c23)cc1. The molecule has 0 spiro atoms. The number of hydrogen-bond donors (Lipinski definition) is 0. The molecule has 0 aliphatic carbocycles. The summed E-state index contributed by atoms with van der Waals surface area (Å²) >= 11 is 1.88. The van der Waals surface area contributed by atoms with E-state index in [2.05, 4.69) is 163 Å². The Balaban J connectivity index is 1.30. The van der Waals surface area contributed by atoms with Crippen molar-refractivity contribution < 1.29 is 4.42 Å². The second-order valence-corrected chi connectivity index (χ2v) is 13.1. The number of nitrogens with zero attached hydrogens (tertiary/aromatic N) is 1. The standard InChI is InChI=1S/C44H27NOS/c1-2-14-30(15-3-1)45(31-25-24-28-12-4-5-13-29(28)26-31)39-21-11-23-41-42(39)38-27-37(32-16-6-7-18-36(32)44(38)47-41)35-20-10-19-34-33-17-8-9-22-40(33)46-43(34)35/h1-27H. The van der Waals surface area contributed by atoms with Crippen LogP contribution in [0, 0.1) is 0 Å². The monoisotopic (exact) mass is 617 g/mol. The summed E-state index contributed by atoms with van der Waals surface area (Å²) in [5.74, 6) is 0. The van der Waals surface area contributed by atoms with Crippen LogP contribution < -0.4 is 4.90 Å². The maximum Gasteiger partial charge on any atom is 0.143 e.